The van der Waals surface area contributed by atoms with Gasteiger partial charge in [-0.25, -0.2) is 0 Å². The van der Waals surface area contributed by atoms with Crippen molar-refractivity contribution in [2.45, 2.75) is 19.3 Å². The van der Waals surface area contributed by atoms with Gasteiger partial charge in [0.05, 0.1) is 0 Å². The van der Waals surface area contributed by atoms with E-state index in [9.17, 15) is 0 Å². The zero-order valence-corrected chi connectivity index (χ0v) is 9.43. The van der Waals surface area contributed by atoms with Crippen LogP contribution in [0.3, 0.4) is 0 Å². The molecule has 13 heavy (non-hydrogen) atoms. The van der Waals surface area contributed by atoms with Crippen molar-refractivity contribution in [1.29, 1.82) is 0 Å². The van der Waals surface area contributed by atoms with Gasteiger partial charge in [-0.05, 0) is 12.8 Å². The predicted molar refractivity (Wildman–Crippen MR) is 57.2 cm³/mol. The molecule has 0 aliphatic carbocycles. The third-order valence-corrected chi connectivity index (χ3v) is 1.71. The second kappa shape index (κ2) is 8.44. The highest BCUT2D eigenvalue weighted by Gasteiger charge is 1.91. The summed E-state index contributed by atoms with van der Waals surface area (Å²) in [7, 11) is 8.09. The summed E-state index contributed by atoms with van der Waals surface area (Å²) >= 11 is 0. The van der Waals surface area contributed by atoms with Gasteiger partial charge in [-0.1, -0.05) is 6.42 Å². The van der Waals surface area contributed by atoms with Crippen molar-refractivity contribution in [3.8, 4) is 0 Å². The molecule has 80 valence electrons. The van der Waals surface area contributed by atoms with Gasteiger partial charge in [0.2, 0.25) is 0 Å². The first kappa shape index (κ1) is 12.8. The Morgan fingerprint density at radius 2 is 1.08 bits per heavy atom. The summed E-state index contributed by atoms with van der Waals surface area (Å²) < 4.78 is 0. The summed E-state index contributed by atoms with van der Waals surface area (Å²) in [6.07, 6.45) is 3.77. The van der Waals surface area contributed by atoms with E-state index in [0.29, 0.717) is 0 Å². The maximum atomic E-state index is 3.25. The van der Waals surface area contributed by atoms with E-state index in [1.165, 1.54) is 19.3 Å². The summed E-state index contributed by atoms with van der Waals surface area (Å²) in [5, 5.41) is 4.00. The van der Waals surface area contributed by atoms with Gasteiger partial charge in [0.15, 0.2) is 0 Å². The second-order valence-electron chi connectivity index (χ2n) is 3.67. The first-order chi connectivity index (χ1) is 6.13. The molecule has 0 radical (unpaired) electrons. The van der Waals surface area contributed by atoms with Crippen LogP contribution in [0.15, 0.2) is 0 Å². The normalized spacial score (nSPS) is 11.5. The minimum absolute atomic E-state index is 1.08. The third-order valence-electron chi connectivity index (χ3n) is 1.71. The van der Waals surface area contributed by atoms with Crippen LogP contribution in [0.1, 0.15) is 19.3 Å². The SMILES string of the molecule is CN(C)NCCCCCNN(C)C. The van der Waals surface area contributed by atoms with Gasteiger partial charge in [-0.3, -0.25) is 20.9 Å². The molecule has 0 amide bonds. The van der Waals surface area contributed by atoms with Gasteiger partial charge in [0, 0.05) is 41.3 Å². The molecule has 0 saturated heterocycles. The molecule has 4 heteroatoms. The van der Waals surface area contributed by atoms with E-state index < -0.39 is 0 Å². The van der Waals surface area contributed by atoms with Crippen molar-refractivity contribution in [3.63, 3.8) is 0 Å². The lowest BCUT2D eigenvalue weighted by Crippen LogP contribution is -2.32. The molecular formula is C9H24N4. The molecule has 0 unspecified atom stereocenters. The Kier molecular flexibility index (Phi) is 8.33. The summed E-state index contributed by atoms with van der Waals surface area (Å²) in [6.45, 7) is 2.16. The number of nitrogens with one attached hydrogen (secondary N) is 2. The van der Waals surface area contributed by atoms with Crippen LogP contribution in [-0.4, -0.2) is 51.3 Å². The minimum Gasteiger partial charge on any atom is -0.256 e. The Hall–Kier alpha value is -0.160. The van der Waals surface area contributed by atoms with Crippen molar-refractivity contribution >= 4 is 0 Å². The first-order valence-electron chi connectivity index (χ1n) is 4.94. The summed E-state index contributed by atoms with van der Waals surface area (Å²) in [4.78, 5) is 0. The Morgan fingerprint density at radius 1 is 0.692 bits per heavy atom. The van der Waals surface area contributed by atoms with Crippen LogP contribution in [0.5, 0.6) is 0 Å². The highest BCUT2D eigenvalue weighted by atomic mass is 15.5. The van der Waals surface area contributed by atoms with E-state index in [0.717, 1.165) is 13.1 Å². The van der Waals surface area contributed by atoms with Crippen LogP contribution < -0.4 is 10.9 Å². The molecule has 0 aliphatic rings. The third kappa shape index (κ3) is 11.8. The number of unbranched alkanes of at least 4 members (excludes halogenated alkanes) is 2. The van der Waals surface area contributed by atoms with Gasteiger partial charge in [0.1, 0.15) is 0 Å². The fraction of sp³-hybridized carbons (Fsp3) is 1.00. The molecule has 0 aromatic carbocycles. The highest BCUT2D eigenvalue weighted by molar-refractivity contribution is 4.46. The zero-order chi connectivity index (χ0) is 10.1. The molecule has 0 atom stereocenters. The van der Waals surface area contributed by atoms with Crippen LogP contribution >= 0.6 is 0 Å². The molecule has 0 fully saturated rings. The molecule has 0 spiro atoms. The Balaban J connectivity index is 2.92. The van der Waals surface area contributed by atoms with E-state index in [4.69, 9.17) is 0 Å². The lowest BCUT2D eigenvalue weighted by atomic mass is 10.2. The number of hydrazine groups is 2. The lowest BCUT2D eigenvalue weighted by molar-refractivity contribution is 0.275. The van der Waals surface area contributed by atoms with Crippen molar-refractivity contribution in [2.24, 2.45) is 0 Å². The Morgan fingerprint density at radius 3 is 1.38 bits per heavy atom. The van der Waals surface area contributed by atoms with Gasteiger partial charge >= 0.3 is 0 Å². The monoisotopic (exact) mass is 188 g/mol. The highest BCUT2D eigenvalue weighted by Crippen LogP contribution is 1.92. The molecule has 0 rings (SSSR count). The Labute approximate surface area is 82.2 Å². The molecule has 0 aliphatic heterocycles. The summed E-state index contributed by atoms with van der Waals surface area (Å²) in [6, 6.07) is 0. The van der Waals surface area contributed by atoms with Crippen molar-refractivity contribution in [3.05, 3.63) is 0 Å². The maximum Gasteiger partial charge on any atom is 0.0102 e. The largest absolute Gasteiger partial charge is 0.256 e. The van der Waals surface area contributed by atoms with Gasteiger partial charge in [-0.15, -0.1) is 0 Å². The fourth-order valence-electron chi connectivity index (χ4n) is 1.03. The van der Waals surface area contributed by atoms with E-state index in [1.54, 1.807) is 0 Å². The molecule has 0 saturated carbocycles. The lowest BCUT2D eigenvalue weighted by Gasteiger charge is -2.13. The van der Waals surface area contributed by atoms with Crippen LogP contribution in [0.4, 0.5) is 0 Å². The second-order valence-corrected chi connectivity index (χ2v) is 3.67. The van der Waals surface area contributed by atoms with E-state index >= 15 is 0 Å². The quantitative estimate of drug-likeness (QED) is 0.423. The standard InChI is InChI=1S/C9H24N4/c1-12(2)10-8-6-5-7-9-11-13(3)4/h10-11H,5-9H2,1-4H3. The average molecular weight is 188 g/mol. The van der Waals surface area contributed by atoms with Crippen molar-refractivity contribution < 1.29 is 0 Å². The number of rotatable bonds is 8. The molecule has 0 heterocycles. The molecular weight excluding hydrogens is 164 g/mol. The van der Waals surface area contributed by atoms with E-state index in [-0.39, 0.29) is 0 Å². The van der Waals surface area contributed by atoms with Gasteiger partial charge < -0.3 is 0 Å². The first-order valence-corrected chi connectivity index (χ1v) is 4.94. The van der Waals surface area contributed by atoms with Crippen LogP contribution in [-0.2, 0) is 0 Å². The van der Waals surface area contributed by atoms with Gasteiger partial charge in [0.25, 0.3) is 0 Å². The molecule has 0 aromatic heterocycles. The fourth-order valence-corrected chi connectivity index (χ4v) is 1.03. The zero-order valence-electron chi connectivity index (χ0n) is 9.43. The van der Waals surface area contributed by atoms with E-state index in [2.05, 4.69) is 10.9 Å². The Bertz CT molecular complexity index is 91.8. The minimum atomic E-state index is 1.08. The number of hydrogen-bond donors (Lipinski definition) is 2. The molecule has 0 aromatic rings. The maximum absolute atomic E-state index is 3.25. The molecule has 4 nitrogen and oxygen atoms in total. The van der Waals surface area contributed by atoms with Crippen molar-refractivity contribution in [2.75, 3.05) is 41.3 Å². The molecule has 0 bridgehead atoms. The predicted octanol–water partition coefficient (Wildman–Crippen LogP) is 0.289. The van der Waals surface area contributed by atoms with Crippen LogP contribution in [0, 0.1) is 0 Å². The number of hydrogen-bond acceptors (Lipinski definition) is 4. The molecule has 2 N–H and O–H groups in total. The number of nitrogens with zero attached hydrogens (tertiary/aromatic N) is 2. The van der Waals surface area contributed by atoms with E-state index in [1.807, 2.05) is 38.2 Å². The average Bonchev–Trinajstić information content (AvgIpc) is 2.01. The summed E-state index contributed by atoms with van der Waals surface area (Å²) in [5.41, 5.74) is 6.50. The smallest absolute Gasteiger partial charge is 0.0102 e. The topological polar surface area (TPSA) is 30.5 Å². The summed E-state index contributed by atoms with van der Waals surface area (Å²) in [5.74, 6) is 0. The van der Waals surface area contributed by atoms with Crippen molar-refractivity contribution in [1.82, 2.24) is 20.9 Å². The van der Waals surface area contributed by atoms with Crippen LogP contribution in [0.2, 0.25) is 0 Å². The van der Waals surface area contributed by atoms with Crippen LogP contribution in [0.25, 0.3) is 0 Å². The van der Waals surface area contributed by atoms with Gasteiger partial charge in [-0.2, -0.15) is 0 Å².